The van der Waals surface area contributed by atoms with E-state index in [2.05, 4.69) is 80.3 Å². The van der Waals surface area contributed by atoms with Crippen LogP contribution < -0.4 is 0 Å². The Hall–Kier alpha value is -1.60. The zero-order valence-electron chi connectivity index (χ0n) is 15.5. The minimum atomic E-state index is 0.236. The molecule has 128 valence electrons. The van der Waals surface area contributed by atoms with Crippen LogP contribution in [0, 0.1) is 5.92 Å². The molecule has 0 atom stereocenters. The molecule has 1 fully saturated rings. The SMILES string of the molecule is CC(C)(C)c1ccc(CN(CCc2ccccc2)CC2CC2)cc1. The van der Waals surface area contributed by atoms with Crippen LogP contribution in [-0.2, 0) is 18.4 Å². The fourth-order valence-corrected chi connectivity index (χ4v) is 3.20. The molecular formula is C23H31N. The third-order valence-electron chi connectivity index (χ3n) is 5.00. The molecule has 1 aliphatic rings. The van der Waals surface area contributed by atoms with Gasteiger partial charge in [0.1, 0.15) is 0 Å². The van der Waals surface area contributed by atoms with Crippen LogP contribution in [0.5, 0.6) is 0 Å². The van der Waals surface area contributed by atoms with Crippen molar-refractivity contribution in [2.45, 2.75) is 52.0 Å². The minimum Gasteiger partial charge on any atom is -0.298 e. The van der Waals surface area contributed by atoms with Crippen LogP contribution in [0.3, 0.4) is 0 Å². The summed E-state index contributed by atoms with van der Waals surface area (Å²) in [7, 11) is 0. The van der Waals surface area contributed by atoms with Gasteiger partial charge in [0.2, 0.25) is 0 Å². The van der Waals surface area contributed by atoms with Crippen LogP contribution in [0.4, 0.5) is 0 Å². The van der Waals surface area contributed by atoms with Crippen LogP contribution in [0.2, 0.25) is 0 Å². The van der Waals surface area contributed by atoms with Gasteiger partial charge in [0.05, 0.1) is 0 Å². The van der Waals surface area contributed by atoms with Crippen LogP contribution in [0.1, 0.15) is 50.3 Å². The fourth-order valence-electron chi connectivity index (χ4n) is 3.20. The van der Waals surface area contributed by atoms with Gasteiger partial charge in [-0.3, -0.25) is 4.90 Å². The highest BCUT2D eigenvalue weighted by Crippen LogP contribution is 2.30. The molecule has 0 saturated heterocycles. The molecule has 2 aromatic carbocycles. The molecule has 0 bridgehead atoms. The van der Waals surface area contributed by atoms with Crippen molar-refractivity contribution in [3.05, 3.63) is 71.3 Å². The van der Waals surface area contributed by atoms with Crippen molar-refractivity contribution in [1.82, 2.24) is 4.90 Å². The molecule has 0 heterocycles. The third kappa shape index (κ3) is 5.21. The second-order valence-electron chi connectivity index (χ2n) is 8.36. The molecule has 0 radical (unpaired) electrons. The van der Waals surface area contributed by atoms with Gasteiger partial charge in [0.15, 0.2) is 0 Å². The normalized spacial score (nSPS) is 15.0. The molecule has 0 aliphatic heterocycles. The van der Waals surface area contributed by atoms with Gasteiger partial charge in [-0.05, 0) is 47.3 Å². The quantitative estimate of drug-likeness (QED) is 0.656. The topological polar surface area (TPSA) is 3.24 Å². The molecule has 0 amide bonds. The highest BCUT2D eigenvalue weighted by molar-refractivity contribution is 5.27. The largest absolute Gasteiger partial charge is 0.298 e. The first-order valence-electron chi connectivity index (χ1n) is 9.36. The lowest BCUT2D eigenvalue weighted by Crippen LogP contribution is -2.28. The Morgan fingerprint density at radius 2 is 1.54 bits per heavy atom. The maximum absolute atomic E-state index is 2.65. The Morgan fingerprint density at radius 1 is 0.875 bits per heavy atom. The van der Waals surface area contributed by atoms with Crippen molar-refractivity contribution in [2.75, 3.05) is 13.1 Å². The predicted octanol–water partition coefficient (Wildman–Crippen LogP) is 5.44. The number of hydrogen-bond acceptors (Lipinski definition) is 1. The molecule has 0 aromatic heterocycles. The zero-order chi connectivity index (χ0) is 17.0. The van der Waals surface area contributed by atoms with Gasteiger partial charge in [-0.25, -0.2) is 0 Å². The standard InChI is InChI=1S/C23H31N/c1-23(2,3)22-13-11-21(12-14-22)18-24(17-20-9-10-20)16-15-19-7-5-4-6-8-19/h4-8,11-14,20H,9-10,15-18H2,1-3H3. The summed E-state index contributed by atoms with van der Waals surface area (Å²) in [5.41, 5.74) is 4.54. The summed E-state index contributed by atoms with van der Waals surface area (Å²) in [6.45, 7) is 10.3. The van der Waals surface area contributed by atoms with Gasteiger partial charge in [0.25, 0.3) is 0 Å². The lowest BCUT2D eigenvalue weighted by Gasteiger charge is -2.24. The van der Waals surface area contributed by atoms with Crippen LogP contribution in [0.15, 0.2) is 54.6 Å². The van der Waals surface area contributed by atoms with Crippen molar-refractivity contribution in [3.63, 3.8) is 0 Å². The third-order valence-corrected chi connectivity index (χ3v) is 5.00. The van der Waals surface area contributed by atoms with E-state index in [1.807, 2.05) is 0 Å². The average Bonchev–Trinajstić information content (AvgIpc) is 3.37. The molecule has 1 heteroatoms. The van der Waals surface area contributed by atoms with E-state index in [1.54, 1.807) is 0 Å². The second-order valence-corrected chi connectivity index (χ2v) is 8.36. The predicted molar refractivity (Wildman–Crippen MR) is 103 cm³/mol. The molecule has 2 aromatic rings. The smallest absolute Gasteiger partial charge is 0.0233 e. The van der Waals surface area contributed by atoms with Crippen LogP contribution >= 0.6 is 0 Å². The van der Waals surface area contributed by atoms with E-state index in [-0.39, 0.29) is 5.41 Å². The summed E-state index contributed by atoms with van der Waals surface area (Å²) >= 11 is 0. The molecule has 1 saturated carbocycles. The number of rotatable bonds is 7. The van der Waals surface area contributed by atoms with Gasteiger partial charge in [-0.1, -0.05) is 75.4 Å². The summed E-state index contributed by atoms with van der Waals surface area (Å²) in [5.74, 6) is 0.939. The Labute approximate surface area is 147 Å². The van der Waals surface area contributed by atoms with Crippen LogP contribution in [-0.4, -0.2) is 18.0 Å². The Kier molecular flexibility index (Phi) is 5.40. The maximum atomic E-state index is 2.65. The van der Waals surface area contributed by atoms with Gasteiger partial charge in [-0.2, -0.15) is 0 Å². The summed E-state index contributed by atoms with van der Waals surface area (Å²) in [6.07, 6.45) is 3.99. The van der Waals surface area contributed by atoms with Crippen molar-refractivity contribution in [3.8, 4) is 0 Å². The molecule has 1 aliphatic carbocycles. The molecule has 3 rings (SSSR count). The number of benzene rings is 2. The Balaban J connectivity index is 1.61. The average molecular weight is 322 g/mol. The summed E-state index contributed by atoms with van der Waals surface area (Å²) in [6, 6.07) is 20.1. The zero-order valence-corrected chi connectivity index (χ0v) is 15.5. The highest BCUT2D eigenvalue weighted by Gasteiger charge is 2.24. The minimum absolute atomic E-state index is 0.236. The highest BCUT2D eigenvalue weighted by atomic mass is 15.1. The van der Waals surface area contributed by atoms with Crippen LogP contribution in [0.25, 0.3) is 0 Å². The number of nitrogens with zero attached hydrogens (tertiary/aromatic N) is 1. The number of hydrogen-bond donors (Lipinski definition) is 0. The van der Waals surface area contributed by atoms with Crippen molar-refractivity contribution in [1.29, 1.82) is 0 Å². The fraction of sp³-hybridized carbons (Fsp3) is 0.478. The Bertz CT molecular complexity index is 617. The Morgan fingerprint density at radius 3 is 2.12 bits per heavy atom. The van der Waals surface area contributed by atoms with E-state index >= 15 is 0 Å². The first-order valence-corrected chi connectivity index (χ1v) is 9.36. The van der Waals surface area contributed by atoms with E-state index in [4.69, 9.17) is 0 Å². The van der Waals surface area contributed by atoms with E-state index in [9.17, 15) is 0 Å². The first kappa shape index (κ1) is 17.2. The lowest BCUT2D eigenvalue weighted by atomic mass is 9.87. The van der Waals surface area contributed by atoms with Crippen molar-refractivity contribution in [2.24, 2.45) is 5.92 Å². The lowest BCUT2D eigenvalue weighted by molar-refractivity contribution is 0.257. The summed E-state index contributed by atoms with van der Waals surface area (Å²) < 4.78 is 0. The molecular weight excluding hydrogens is 290 g/mol. The van der Waals surface area contributed by atoms with Gasteiger partial charge in [-0.15, -0.1) is 0 Å². The second kappa shape index (κ2) is 7.53. The van der Waals surface area contributed by atoms with Crippen molar-refractivity contribution < 1.29 is 0 Å². The van der Waals surface area contributed by atoms with E-state index < -0.39 is 0 Å². The van der Waals surface area contributed by atoms with Gasteiger partial charge >= 0.3 is 0 Å². The van der Waals surface area contributed by atoms with Gasteiger partial charge in [0, 0.05) is 19.6 Å². The molecule has 0 unspecified atom stereocenters. The van der Waals surface area contributed by atoms with E-state index in [0.717, 1.165) is 25.4 Å². The maximum Gasteiger partial charge on any atom is 0.0233 e. The summed E-state index contributed by atoms with van der Waals surface area (Å²) in [4.78, 5) is 2.65. The molecule has 1 nitrogen and oxygen atoms in total. The summed E-state index contributed by atoms with van der Waals surface area (Å²) in [5, 5.41) is 0. The molecule has 0 N–H and O–H groups in total. The van der Waals surface area contributed by atoms with E-state index in [1.165, 1.54) is 36.1 Å². The van der Waals surface area contributed by atoms with Crippen molar-refractivity contribution >= 4 is 0 Å². The monoisotopic (exact) mass is 321 g/mol. The van der Waals surface area contributed by atoms with E-state index in [0.29, 0.717) is 0 Å². The molecule has 0 spiro atoms. The molecule has 24 heavy (non-hydrogen) atoms. The first-order chi connectivity index (χ1) is 11.5. The van der Waals surface area contributed by atoms with Gasteiger partial charge < -0.3 is 0 Å².